The minimum absolute atomic E-state index is 0.213. The van der Waals surface area contributed by atoms with Crippen molar-refractivity contribution in [3.05, 3.63) is 355 Å². The van der Waals surface area contributed by atoms with Crippen LogP contribution in [0.3, 0.4) is 0 Å². The number of hydrogen-bond acceptors (Lipinski definition) is 6. The Morgan fingerprint density at radius 1 is 0.212 bits per heavy atom. The molecular formula is C93H66O6. The Kier molecular flexibility index (Phi) is 12.0. The molecule has 0 aromatic heterocycles. The van der Waals surface area contributed by atoms with Crippen LogP contribution in [0.1, 0.15) is 100 Å². The second kappa shape index (κ2) is 20.5. The molecule has 0 saturated heterocycles. The molecule has 2 atom stereocenters. The van der Waals surface area contributed by atoms with E-state index < -0.39 is 16.2 Å². The van der Waals surface area contributed by atoms with Crippen LogP contribution in [0.4, 0.5) is 0 Å². The Morgan fingerprint density at radius 2 is 0.455 bits per heavy atom. The van der Waals surface area contributed by atoms with Gasteiger partial charge in [-0.3, -0.25) is 0 Å². The molecule has 3 aliphatic rings. The van der Waals surface area contributed by atoms with Gasteiger partial charge >= 0.3 is 0 Å². The third-order valence-electron chi connectivity index (χ3n) is 23.4. The average molecular weight is 1280 g/mol. The van der Waals surface area contributed by atoms with Gasteiger partial charge in [-0.2, -0.15) is 0 Å². The van der Waals surface area contributed by atoms with Crippen molar-refractivity contribution < 1.29 is 30.6 Å². The molecule has 16 aromatic rings. The van der Waals surface area contributed by atoms with Gasteiger partial charge in [0, 0.05) is 0 Å². The standard InChI is InChI=1S/C93H66O6/c1-49-39-55-19-25-64(46-62(55)48-84(49)99)92(66-28-32-70-52(4)80(95)36-22-58(70)42-66)77-17-11-8-14-74(77)85-88-86(73-13-7-10-16-76(73)91(88,63-26-20-56-47-83(98)50(2)40-61(56)45-63)65-27-31-69-51(3)79(94)35-21-57(69)41-65)90-87(89(85)92)75-15-9-12-18-78(75)93(90,67-29-33-71-53(5)81(96)37-23-59(71)43-67)68-30-34-72-54(6)82(97)38-24-60(72)44-68/h7-48,94-99H,1-6H3. The molecule has 0 fully saturated rings. The van der Waals surface area contributed by atoms with Crippen molar-refractivity contribution in [2.24, 2.45) is 0 Å². The van der Waals surface area contributed by atoms with Crippen molar-refractivity contribution in [2.45, 2.75) is 57.8 Å². The molecule has 0 amide bonds. The van der Waals surface area contributed by atoms with Crippen LogP contribution in [-0.4, -0.2) is 30.6 Å². The van der Waals surface area contributed by atoms with E-state index in [1.807, 2.05) is 102 Å². The molecule has 0 radical (unpaired) electrons. The van der Waals surface area contributed by atoms with Gasteiger partial charge in [0.15, 0.2) is 0 Å². The van der Waals surface area contributed by atoms with E-state index >= 15 is 0 Å². The van der Waals surface area contributed by atoms with Gasteiger partial charge in [0.2, 0.25) is 0 Å². The Morgan fingerprint density at radius 3 is 0.778 bits per heavy atom. The molecule has 19 rings (SSSR count). The normalized spacial score (nSPS) is 16.2. The number of aromatic hydroxyl groups is 6. The zero-order valence-electron chi connectivity index (χ0n) is 55.4. The summed E-state index contributed by atoms with van der Waals surface area (Å²) in [6.45, 7) is 11.8. The molecule has 0 aliphatic heterocycles. The lowest BCUT2D eigenvalue weighted by Gasteiger charge is -2.40. The van der Waals surface area contributed by atoms with Gasteiger partial charge in [0.05, 0.1) is 16.2 Å². The number of hydrogen-bond donors (Lipinski definition) is 6. The first kappa shape index (κ1) is 58.3. The third-order valence-corrected chi connectivity index (χ3v) is 23.4. The first-order chi connectivity index (χ1) is 48.0. The predicted octanol–water partition coefficient (Wildman–Crippen LogP) is 21.8. The Hall–Kier alpha value is -12.1. The van der Waals surface area contributed by atoms with Gasteiger partial charge in [-0.15, -0.1) is 0 Å². The van der Waals surface area contributed by atoms with Gasteiger partial charge in [0.1, 0.15) is 34.5 Å². The molecule has 0 spiro atoms. The van der Waals surface area contributed by atoms with Crippen LogP contribution in [0.5, 0.6) is 34.5 Å². The van der Waals surface area contributed by atoms with E-state index in [-0.39, 0.29) is 34.5 Å². The van der Waals surface area contributed by atoms with Crippen LogP contribution < -0.4 is 0 Å². The van der Waals surface area contributed by atoms with E-state index in [2.05, 4.69) is 194 Å². The number of fused-ring (bicyclic) bond motifs is 18. The van der Waals surface area contributed by atoms with Crippen molar-refractivity contribution in [2.75, 3.05) is 0 Å². The van der Waals surface area contributed by atoms with Crippen molar-refractivity contribution in [3.8, 4) is 67.9 Å². The third kappa shape index (κ3) is 7.55. The van der Waals surface area contributed by atoms with Crippen LogP contribution >= 0.6 is 0 Å². The summed E-state index contributed by atoms with van der Waals surface area (Å²) in [4.78, 5) is 0. The summed E-state index contributed by atoms with van der Waals surface area (Å²) in [5.41, 5.74) is 20.5. The molecule has 0 saturated carbocycles. The van der Waals surface area contributed by atoms with E-state index in [9.17, 15) is 30.6 Å². The zero-order valence-corrected chi connectivity index (χ0v) is 55.4. The summed E-state index contributed by atoms with van der Waals surface area (Å²) in [5.74, 6) is 1.36. The van der Waals surface area contributed by atoms with Crippen molar-refractivity contribution >= 4 is 64.6 Å². The van der Waals surface area contributed by atoms with Crippen molar-refractivity contribution in [3.63, 3.8) is 0 Å². The van der Waals surface area contributed by atoms with Gasteiger partial charge in [-0.1, -0.05) is 170 Å². The summed E-state index contributed by atoms with van der Waals surface area (Å²) in [5, 5.41) is 80.5. The summed E-state index contributed by atoms with van der Waals surface area (Å²) in [6.07, 6.45) is 0. The molecular weight excluding hydrogens is 1210 g/mol. The maximum absolute atomic E-state index is 11.8. The minimum atomic E-state index is -1.16. The fourth-order valence-corrected chi connectivity index (χ4v) is 18.6. The largest absolute Gasteiger partial charge is 0.508 e. The Labute approximate surface area is 572 Å². The second-order valence-corrected chi connectivity index (χ2v) is 28.1. The fourth-order valence-electron chi connectivity index (χ4n) is 18.6. The fraction of sp³-hybridized carbons (Fsp3) is 0.0968. The average Bonchev–Trinajstić information content (AvgIpc) is 1.47. The lowest BCUT2D eigenvalue weighted by Crippen LogP contribution is -2.33. The smallest absolute Gasteiger partial charge is 0.119 e. The maximum atomic E-state index is 11.8. The van der Waals surface area contributed by atoms with Crippen LogP contribution in [0.2, 0.25) is 0 Å². The Balaban J connectivity index is 1.12. The highest BCUT2D eigenvalue weighted by atomic mass is 16.3. The summed E-state index contributed by atoms with van der Waals surface area (Å²) >= 11 is 0. The van der Waals surface area contributed by atoms with E-state index in [1.165, 1.54) is 0 Å². The minimum Gasteiger partial charge on any atom is -0.508 e. The topological polar surface area (TPSA) is 121 Å². The molecule has 99 heavy (non-hydrogen) atoms. The van der Waals surface area contributed by atoms with Crippen LogP contribution in [0, 0.1) is 41.5 Å². The molecule has 0 heterocycles. The lowest BCUT2D eigenvalue weighted by molar-refractivity contribution is 0.471. The second-order valence-electron chi connectivity index (χ2n) is 28.1. The molecule has 6 nitrogen and oxygen atoms in total. The zero-order chi connectivity index (χ0) is 67.4. The van der Waals surface area contributed by atoms with Gasteiger partial charge in [0.25, 0.3) is 0 Å². The summed E-state index contributed by atoms with van der Waals surface area (Å²) in [7, 11) is 0. The first-order valence-corrected chi connectivity index (χ1v) is 34.0. The van der Waals surface area contributed by atoms with Crippen molar-refractivity contribution in [1.82, 2.24) is 0 Å². The van der Waals surface area contributed by atoms with Crippen LogP contribution in [0.25, 0.3) is 98.0 Å². The summed E-state index contributed by atoms with van der Waals surface area (Å²) < 4.78 is 0. The Bertz CT molecular complexity index is 5660. The number of aryl methyl sites for hydroxylation is 6. The quantitative estimate of drug-likeness (QED) is 0.0987. The predicted molar refractivity (Wildman–Crippen MR) is 402 cm³/mol. The molecule has 6 heteroatoms. The SMILES string of the molecule is Cc1cc2cc(C3(c4ccc5c(C)c(O)ccc5c4)c4ccccc4-c4c3c3c(c5c4C(c4ccc6c(C)c(O)ccc6c4)(c4ccc6c(C)c(O)ccc6c4)c4ccccc4-5)C(c4ccc5cc(C)c(O)cc5c4)(c4ccc5c(C)c(O)ccc5c4)c4ccccc4-3)ccc2cc1O. The highest BCUT2D eigenvalue weighted by Gasteiger charge is 2.61. The van der Waals surface area contributed by atoms with Gasteiger partial charge in [-0.05, 0) is 325 Å². The number of rotatable bonds is 6. The van der Waals surface area contributed by atoms with E-state index in [4.69, 9.17) is 0 Å². The first-order valence-electron chi connectivity index (χ1n) is 34.0. The molecule has 6 N–H and O–H groups in total. The number of phenols is 6. The van der Waals surface area contributed by atoms with E-state index in [0.717, 1.165) is 198 Å². The van der Waals surface area contributed by atoms with Crippen molar-refractivity contribution in [1.29, 1.82) is 0 Å². The van der Waals surface area contributed by atoms with E-state index in [0.29, 0.717) is 0 Å². The molecule has 2 unspecified atom stereocenters. The molecule has 3 aliphatic carbocycles. The number of benzene rings is 16. The molecule has 16 aromatic carbocycles. The molecule has 474 valence electrons. The highest BCUT2D eigenvalue weighted by molar-refractivity contribution is 6.11. The van der Waals surface area contributed by atoms with Gasteiger partial charge in [-0.25, -0.2) is 0 Å². The maximum Gasteiger partial charge on any atom is 0.119 e. The summed E-state index contributed by atoms with van der Waals surface area (Å²) in [6, 6.07) is 91.6. The van der Waals surface area contributed by atoms with Crippen LogP contribution in [-0.2, 0) is 16.2 Å². The van der Waals surface area contributed by atoms with Gasteiger partial charge < -0.3 is 30.6 Å². The molecule has 0 bridgehead atoms. The van der Waals surface area contributed by atoms with E-state index in [1.54, 1.807) is 0 Å². The number of phenolic OH excluding ortho intramolecular Hbond substituents is 6. The highest BCUT2D eigenvalue weighted by Crippen LogP contribution is 2.73. The monoisotopic (exact) mass is 1280 g/mol. The van der Waals surface area contributed by atoms with Crippen LogP contribution in [0.15, 0.2) is 255 Å². The lowest BCUT2D eigenvalue weighted by atomic mass is 9.60.